The molecule has 0 bridgehead atoms. The first kappa shape index (κ1) is 21.1. The maximum Gasteiger partial charge on any atom is 0.330 e. The number of amides is 1. The summed E-state index contributed by atoms with van der Waals surface area (Å²) in [5, 5.41) is 3.59. The zero-order valence-corrected chi connectivity index (χ0v) is 17.4. The molecule has 1 aliphatic rings. The standard InChI is InChI=1S/C21H25ClN4O3/c1-24-14-16(20(28)25(2)21(24)29)8-9-19(27)23-13-18(26-10-3-4-11-26)15-6-5-7-17(22)12-15/h5-9,12,14,18H,3-4,10-11,13H2,1-2H3,(H,23,27)/b9-8+. The molecular weight excluding hydrogens is 392 g/mol. The van der Waals surface area contributed by atoms with Crippen LogP contribution in [0.3, 0.4) is 0 Å². The highest BCUT2D eigenvalue weighted by atomic mass is 35.5. The molecule has 1 unspecified atom stereocenters. The fourth-order valence-electron chi connectivity index (χ4n) is 3.60. The van der Waals surface area contributed by atoms with Gasteiger partial charge in [0.2, 0.25) is 5.91 Å². The Balaban J connectivity index is 1.71. The molecule has 7 nitrogen and oxygen atoms in total. The van der Waals surface area contributed by atoms with E-state index in [1.807, 2.05) is 24.3 Å². The van der Waals surface area contributed by atoms with E-state index in [2.05, 4.69) is 10.2 Å². The van der Waals surface area contributed by atoms with Crippen molar-refractivity contribution >= 4 is 23.6 Å². The van der Waals surface area contributed by atoms with Gasteiger partial charge in [0.1, 0.15) is 0 Å². The van der Waals surface area contributed by atoms with Crippen LogP contribution in [-0.2, 0) is 18.9 Å². The maximum absolute atomic E-state index is 12.4. The van der Waals surface area contributed by atoms with Crippen molar-refractivity contribution in [1.82, 2.24) is 19.4 Å². The van der Waals surface area contributed by atoms with Crippen molar-refractivity contribution in [2.75, 3.05) is 19.6 Å². The second-order valence-corrected chi connectivity index (χ2v) is 7.67. The van der Waals surface area contributed by atoms with Crippen molar-refractivity contribution in [2.45, 2.75) is 18.9 Å². The first-order valence-electron chi connectivity index (χ1n) is 9.59. The summed E-state index contributed by atoms with van der Waals surface area (Å²) in [5.41, 5.74) is 0.490. The Labute approximate surface area is 174 Å². The Kier molecular flexibility index (Phi) is 6.71. The van der Waals surface area contributed by atoms with Gasteiger partial charge in [-0.1, -0.05) is 23.7 Å². The van der Waals surface area contributed by atoms with E-state index in [0.29, 0.717) is 11.6 Å². The smallest absolute Gasteiger partial charge is 0.330 e. The number of hydrogen-bond acceptors (Lipinski definition) is 4. The van der Waals surface area contributed by atoms with Crippen molar-refractivity contribution in [3.8, 4) is 0 Å². The van der Waals surface area contributed by atoms with Crippen molar-refractivity contribution in [3.63, 3.8) is 0 Å². The van der Waals surface area contributed by atoms with E-state index < -0.39 is 11.2 Å². The Bertz CT molecular complexity index is 1030. The maximum atomic E-state index is 12.4. The highest BCUT2D eigenvalue weighted by Gasteiger charge is 2.23. The fraction of sp³-hybridized carbons (Fsp3) is 0.381. The van der Waals surface area contributed by atoms with Gasteiger partial charge >= 0.3 is 5.69 Å². The SMILES string of the molecule is Cn1cc(/C=C/C(=O)NCC(c2cccc(Cl)c2)N2CCCC2)c(=O)n(C)c1=O. The molecule has 1 saturated heterocycles. The molecule has 2 heterocycles. The summed E-state index contributed by atoms with van der Waals surface area (Å²) in [6.45, 7) is 2.41. The van der Waals surface area contributed by atoms with E-state index in [0.717, 1.165) is 36.1 Å². The molecule has 154 valence electrons. The number of nitrogens with zero attached hydrogens (tertiary/aromatic N) is 3. The predicted molar refractivity (Wildman–Crippen MR) is 114 cm³/mol. The molecule has 1 N–H and O–H groups in total. The topological polar surface area (TPSA) is 76.3 Å². The van der Waals surface area contributed by atoms with Gasteiger partial charge in [-0.25, -0.2) is 4.79 Å². The number of carbonyl (C=O) groups is 1. The van der Waals surface area contributed by atoms with Gasteiger partial charge < -0.3 is 9.88 Å². The molecule has 0 spiro atoms. The van der Waals surface area contributed by atoms with Crippen LogP contribution in [0.5, 0.6) is 0 Å². The first-order valence-corrected chi connectivity index (χ1v) is 9.96. The second-order valence-electron chi connectivity index (χ2n) is 7.23. The number of aromatic nitrogens is 2. The highest BCUT2D eigenvalue weighted by Crippen LogP contribution is 2.26. The van der Waals surface area contributed by atoms with E-state index in [4.69, 9.17) is 11.6 Å². The lowest BCUT2D eigenvalue weighted by atomic mass is 10.1. The van der Waals surface area contributed by atoms with Crippen LogP contribution in [0.4, 0.5) is 0 Å². The minimum absolute atomic E-state index is 0.0407. The predicted octanol–water partition coefficient (Wildman–Crippen LogP) is 1.70. The number of aryl methyl sites for hydroxylation is 1. The molecule has 1 aliphatic heterocycles. The monoisotopic (exact) mass is 416 g/mol. The normalized spacial score (nSPS) is 15.7. The third kappa shape index (κ3) is 5.05. The molecule has 0 radical (unpaired) electrons. The van der Waals surface area contributed by atoms with Gasteiger partial charge in [0, 0.05) is 37.9 Å². The molecule has 1 fully saturated rings. The van der Waals surface area contributed by atoms with Crippen molar-refractivity contribution in [2.24, 2.45) is 14.1 Å². The highest BCUT2D eigenvalue weighted by molar-refractivity contribution is 6.30. The molecule has 1 aromatic carbocycles. The van der Waals surface area contributed by atoms with Crippen molar-refractivity contribution in [3.05, 3.63) is 73.5 Å². The summed E-state index contributed by atoms with van der Waals surface area (Å²) in [6, 6.07) is 7.74. The molecular formula is C21H25ClN4O3. The number of likely N-dealkylation sites (tertiary alicyclic amines) is 1. The van der Waals surface area contributed by atoms with Crippen molar-refractivity contribution < 1.29 is 4.79 Å². The van der Waals surface area contributed by atoms with Crippen LogP contribution in [0.2, 0.25) is 5.02 Å². The van der Waals surface area contributed by atoms with Crippen LogP contribution in [0.1, 0.15) is 30.0 Å². The number of hydrogen-bond donors (Lipinski definition) is 1. The molecule has 1 atom stereocenters. The molecule has 2 aromatic rings. The van der Waals surface area contributed by atoms with Gasteiger partial charge in [0.25, 0.3) is 5.56 Å². The van der Waals surface area contributed by atoms with Gasteiger partial charge in [-0.3, -0.25) is 19.1 Å². The van der Waals surface area contributed by atoms with E-state index in [1.165, 1.54) is 30.0 Å². The largest absolute Gasteiger partial charge is 0.351 e. The van der Waals surface area contributed by atoms with Crippen LogP contribution in [0.25, 0.3) is 6.08 Å². The molecule has 1 aromatic heterocycles. The van der Waals surface area contributed by atoms with Crippen LogP contribution >= 0.6 is 11.6 Å². The summed E-state index contributed by atoms with van der Waals surface area (Å²) in [6.07, 6.45) is 6.46. The Morgan fingerprint density at radius 3 is 2.66 bits per heavy atom. The zero-order valence-electron chi connectivity index (χ0n) is 16.6. The summed E-state index contributed by atoms with van der Waals surface area (Å²) >= 11 is 6.15. The zero-order chi connectivity index (χ0) is 21.0. The van der Waals surface area contributed by atoms with Gasteiger partial charge in [-0.15, -0.1) is 0 Å². The van der Waals surface area contributed by atoms with Crippen LogP contribution in [0, 0.1) is 0 Å². The Morgan fingerprint density at radius 1 is 1.24 bits per heavy atom. The second kappa shape index (κ2) is 9.24. The molecule has 8 heteroatoms. The molecule has 1 amide bonds. The fourth-order valence-corrected chi connectivity index (χ4v) is 3.80. The minimum atomic E-state index is -0.439. The molecule has 29 heavy (non-hydrogen) atoms. The average molecular weight is 417 g/mol. The van der Waals surface area contributed by atoms with Gasteiger partial charge in [-0.2, -0.15) is 0 Å². The lowest BCUT2D eigenvalue weighted by Gasteiger charge is -2.28. The number of rotatable bonds is 6. The number of nitrogens with one attached hydrogen (secondary N) is 1. The summed E-state index contributed by atoms with van der Waals surface area (Å²) < 4.78 is 2.32. The van der Waals surface area contributed by atoms with Crippen LogP contribution < -0.4 is 16.6 Å². The number of halogens is 1. The lowest BCUT2D eigenvalue weighted by molar-refractivity contribution is -0.116. The third-order valence-corrected chi connectivity index (χ3v) is 5.41. The van der Waals surface area contributed by atoms with Gasteiger partial charge in [-0.05, 0) is 49.7 Å². The van der Waals surface area contributed by atoms with E-state index >= 15 is 0 Å². The van der Waals surface area contributed by atoms with E-state index in [1.54, 1.807) is 7.05 Å². The van der Waals surface area contributed by atoms with Crippen LogP contribution in [-0.4, -0.2) is 39.6 Å². The van der Waals surface area contributed by atoms with Gasteiger partial charge in [0.05, 0.1) is 11.6 Å². The summed E-state index contributed by atoms with van der Waals surface area (Å²) in [7, 11) is 2.97. The van der Waals surface area contributed by atoms with Crippen molar-refractivity contribution in [1.29, 1.82) is 0 Å². The quantitative estimate of drug-likeness (QED) is 0.727. The number of benzene rings is 1. The molecule has 0 saturated carbocycles. The van der Waals surface area contributed by atoms with Crippen LogP contribution in [0.15, 0.2) is 46.1 Å². The Hall–Kier alpha value is -2.64. The minimum Gasteiger partial charge on any atom is -0.351 e. The summed E-state index contributed by atoms with van der Waals surface area (Å²) in [5.74, 6) is -0.299. The first-order chi connectivity index (χ1) is 13.9. The van der Waals surface area contributed by atoms with E-state index in [-0.39, 0.29) is 17.5 Å². The number of carbonyl (C=O) groups excluding carboxylic acids is 1. The Morgan fingerprint density at radius 2 is 1.97 bits per heavy atom. The average Bonchev–Trinajstić information content (AvgIpc) is 3.23. The van der Waals surface area contributed by atoms with E-state index in [9.17, 15) is 14.4 Å². The lowest BCUT2D eigenvalue weighted by Crippen LogP contribution is -2.37. The van der Waals surface area contributed by atoms with Gasteiger partial charge in [0.15, 0.2) is 0 Å². The molecule has 3 rings (SSSR count). The third-order valence-electron chi connectivity index (χ3n) is 5.17. The summed E-state index contributed by atoms with van der Waals surface area (Å²) in [4.78, 5) is 38.6. The molecule has 0 aliphatic carbocycles.